The van der Waals surface area contributed by atoms with Crippen molar-refractivity contribution in [3.63, 3.8) is 0 Å². The number of hydrogen-bond donors (Lipinski definition) is 1. The zero-order valence-electron chi connectivity index (χ0n) is 16.5. The number of likely N-dealkylation sites (tertiary alicyclic amines) is 1. The second-order valence-electron chi connectivity index (χ2n) is 8.10. The largest absolute Gasteiger partial charge is 0.369 e. The Balaban J connectivity index is 1.64. The Morgan fingerprint density at radius 3 is 2.56 bits per heavy atom. The summed E-state index contributed by atoms with van der Waals surface area (Å²) in [5, 5.41) is 2.77. The third kappa shape index (κ3) is 4.42. The highest BCUT2D eigenvalue weighted by atomic mass is 19.1. The summed E-state index contributed by atoms with van der Waals surface area (Å²) in [5.74, 6) is -0.931. The van der Waals surface area contributed by atoms with Crippen molar-refractivity contribution in [1.29, 1.82) is 0 Å². The van der Waals surface area contributed by atoms with Crippen molar-refractivity contribution in [1.82, 2.24) is 4.90 Å². The predicted molar refractivity (Wildman–Crippen MR) is 105 cm³/mol. The average molecular weight is 375 g/mol. The van der Waals surface area contributed by atoms with Gasteiger partial charge in [0.1, 0.15) is 5.82 Å². The molecule has 2 amide bonds. The van der Waals surface area contributed by atoms with Crippen LogP contribution < -0.4 is 10.2 Å². The van der Waals surface area contributed by atoms with Crippen LogP contribution in [-0.2, 0) is 9.59 Å². The monoisotopic (exact) mass is 375 g/mol. The summed E-state index contributed by atoms with van der Waals surface area (Å²) in [6.07, 6.45) is 6.05. The molecule has 2 fully saturated rings. The van der Waals surface area contributed by atoms with Gasteiger partial charge in [0, 0.05) is 37.8 Å². The van der Waals surface area contributed by atoms with Gasteiger partial charge < -0.3 is 15.1 Å². The number of anilines is 2. The third-order valence-electron chi connectivity index (χ3n) is 5.87. The molecule has 1 aliphatic carbocycles. The summed E-state index contributed by atoms with van der Waals surface area (Å²) >= 11 is 0. The molecule has 27 heavy (non-hydrogen) atoms. The smallest absolute Gasteiger partial charge is 0.229 e. The van der Waals surface area contributed by atoms with Gasteiger partial charge in [0.25, 0.3) is 0 Å². The second kappa shape index (κ2) is 8.28. The lowest BCUT2D eigenvalue weighted by molar-refractivity contribution is -0.129. The molecular formula is C21H30FN3O2. The quantitative estimate of drug-likeness (QED) is 0.852. The first-order valence-electron chi connectivity index (χ1n) is 9.99. The lowest BCUT2D eigenvalue weighted by Gasteiger charge is -2.33. The van der Waals surface area contributed by atoms with E-state index in [0.29, 0.717) is 24.0 Å². The molecule has 1 aromatic carbocycles. The number of hydrogen-bond acceptors (Lipinski definition) is 3. The van der Waals surface area contributed by atoms with Gasteiger partial charge in [0.2, 0.25) is 11.8 Å². The van der Waals surface area contributed by atoms with E-state index in [9.17, 15) is 14.0 Å². The molecule has 0 spiro atoms. The molecule has 1 saturated heterocycles. The van der Waals surface area contributed by atoms with Crippen LogP contribution in [0.25, 0.3) is 0 Å². The van der Waals surface area contributed by atoms with Crippen LogP contribution in [0.15, 0.2) is 18.2 Å². The molecule has 1 unspecified atom stereocenters. The molecule has 5 nitrogen and oxygen atoms in total. The van der Waals surface area contributed by atoms with Crippen LogP contribution in [0.4, 0.5) is 15.8 Å². The lowest BCUT2D eigenvalue weighted by Crippen LogP contribution is -2.34. The Kier molecular flexibility index (Phi) is 6.02. The first-order valence-corrected chi connectivity index (χ1v) is 9.99. The normalized spacial score (nSPS) is 21.0. The summed E-state index contributed by atoms with van der Waals surface area (Å²) in [4.78, 5) is 28.2. The van der Waals surface area contributed by atoms with Crippen LogP contribution in [0, 0.1) is 11.7 Å². The topological polar surface area (TPSA) is 52.7 Å². The maximum atomic E-state index is 14.7. The minimum atomic E-state index is -0.382. The van der Waals surface area contributed by atoms with Gasteiger partial charge in [-0.1, -0.05) is 19.3 Å². The molecule has 0 aromatic heterocycles. The van der Waals surface area contributed by atoms with E-state index >= 15 is 0 Å². The standard InChI is InChI=1S/C21H30FN3O2/c1-14(2)25-13-15(11-20(25)26)21(27)23-16-9-10-19(18(22)12-16)24(3)17-7-5-4-6-8-17/h9-10,12,14-15,17H,4-8,11,13H2,1-3H3,(H,23,27). The van der Waals surface area contributed by atoms with Gasteiger partial charge in [-0.05, 0) is 44.9 Å². The van der Waals surface area contributed by atoms with Gasteiger partial charge in [0.15, 0.2) is 0 Å². The highest BCUT2D eigenvalue weighted by Gasteiger charge is 2.35. The maximum absolute atomic E-state index is 14.7. The summed E-state index contributed by atoms with van der Waals surface area (Å²) in [7, 11) is 1.94. The molecule has 1 atom stereocenters. The number of halogens is 1. The Hall–Kier alpha value is -2.11. The lowest BCUT2D eigenvalue weighted by atomic mass is 9.94. The maximum Gasteiger partial charge on any atom is 0.229 e. The molecule has 1 aliphatic heterocycles. The molecule has 0 radical (unpaired) electrons. The average Bonchev–Trinajstić information content (AvgIpc) is 3.04. The van der Waals surface area contributed by atoms with Crippen molar-refractivity contribution < 1.29 is 14.0 Å². The molecule has 1 saturated carbocycles. The van der Waals surface area contributed by atoms with Crippen LogP contribution in [0.2, 0.25) is 0 Å². The minimum absolute atomic E-state index is 0.000727. The Bertz CT molecular complexity index is 701. The van der Waals surface area contributed by atoms with Crippen LogP contribution in [0.1, 0.15) is 52.4 Å². The van der Waals surface area contributed by atoms with Crippen molar-refractivity contribution in [2.75, 3.05) is 23.8 Å². The molecule has 2 aliphatic rings. The summed E-state index contributed by atoms with van der Waals surface area (Å²) in [5.41, 5.74) is 1.01. The van der Waals surface area contributed by atoms with Crippen molar-refractivity contribution in [3.05, 3.63) is 24.0 Å². The van der Waals surface area contributed by atoms with Crippen molar-refractivity contribution in [3.8, 4) is 0 Å². The fourth-order valence-electron chi connectivity index (χ4n) is 4.19. The Labute approximate surface area is 160 Å². The van der Waals surface area contributed by atoms with E-state index in [1.54, 1.807) is 17.0 Å². The zero-order valence-corrected chi connectivity index (χ0v) is 16.5. The van der Waals surface area contributed by atoms with Crippen molar-refractivity contribution in [2.45, 2.75) is 64.5 Å². The highest BCUT2D eigenvalue weighted by molar-refractivity contribution is 5.97. The third-order valence-corrected chi connectivity index (χ3v) is 5.87. The molecule has 148 valence electrons. The molecule has 1 aromatic rings. The number of benzene rings is 1. The fourth-order valence-corrected chi connectivity index (χ4v) is 4.19. The van der Waals surface area contributed by atoms with Gasteiger partial charge in [-0.15, -0.1) is 0 Å². The zero-order chi connectivity index (χ0) is 19.6. The van der Waals surface area contributed by atoms with E-state index in [-0.39, 0.29) is 36.0 Å². The van der Waals surface area contributed by atoms with Crippen LogP contribution in [0.3, 0.4) is 0 Å². The number of carbonyl (C=O) groups is 2. The van der Waals surface area contributed by atoms with E-state index < -0.39 is 0 Å². The van der Waals surface area contributed by atoms with Crippen molar-refractivity contribution >= 4 is 23.2 Å². The van der Waals surface area contributed by atoms with Crippen LogP contribution in [0.5, 0.6) is 0 Å². The highest BCUT2D eigenvalue weighted by Crippen LogP contribution is 2.30. The first kappa shape index (κ1) is 19.6. The van der Waals surface area contributed by atoms with Gasteiger partial charge in [-0.3, -0.25) is 9.59 Å². The first-order chi connectivity index (χ1) is 12.9. The molecule has 0 bridgehead atoms. The molecule has 3 rings (SSSR count). The van der Waals surface area contributed by atoms with Crippen LogP contribution in [-0.4, -0.2) is 42.4 Å². The van der Waals surface area contributed by atoms with Crippen LogP contribution >= 0.6 is 0 Å². The molecule has 1 N–H and O–H groups in total. The number of nitrogens with zero attached hydrogens (tertiary/aromatic N) is 2. The van der Waals surface area contributed by atoms with E-state index in [4.69, 9.17) is 0 Å². The number of rotatable bonds is 5. The molecular weight excluding hydrogens is 345 g/mol. The van der Waals surface area contributed by atoms with Gasteiger partial charge in [-0.2, -0.15) is 0 Å². The van der Waals surface area contributed by atoms with E-state index in [1.807, 2.05) is 25.8 Å². The minimum Gasteiger partial charge on any atom is -0.369 e. The van der Waals surface area contributed by atoms with E-state index in [1.165, 1.54) is 25.3 Å². The Morgan fingerprint density at radius 1 is 1.26 bits per heavy atom. The van der Waals surface area contributed by atoms with Gasteiger partial charge >= 0.3 is 0 Å². The van der Waals surface area contributed by atoms with Gasteiger partial charge in [0.05, 0.1) is 11.6 Å². The van der Waals surface area contributed by atoms with E-state index in [0.717, 1.165) is 12.8 Å². The van der Waals surface area contributed by atoms with Gasteiger partial charge in [-0.25, -0.2) is 4.39 Å². The SMILES string of the molecule is CC(C)N1CC(C(=O)Nc2ccc(N(C)C3CCCCC3)c(F)c2)CC1=O. The Morgan fingerprint density at radius 2 is 1.96 bits per heavy atom. The van der Waals surface area contributed by atoms with Crippen molar-refractivity contribution in [2.24, 2.45) is 5.92 Å². The molecule has 1 heterocycles. The second-order valence-corrected chi connectivity index (χ2v) is 8.10. The summed E-state index contributed by atoms with van der Waals surface area (Å²) < 4.78 is 14.7. The summed E-state index contributed by atoms with van der Waals surface area (Å²) in [6.45, 7) is 4.30. The number of amides is 2. The fraction of sp³-hybridized carbons (Fsp3) is 0.619. The van der Waals surface area contributed by atoms with E-state index in [2.05, 4.69) is 5.32 Å². The number of carbonyl (C=O) groups excluding carboxylic acids is 2. The summed E-state index contributed by atoms with van der Waals surface area (Å²) in [6, 6.07) is 5.32. The molecule has 6 heteroatoms. The number of nitrogens with one attached hydrogen (secondary N) is 1. The predicted octanol–water partition coefficient (Wildman–Crippen LogP) is 3.79.